The summed E-state index contributed by atoms with van der Waals surface area (Å²) < 4.78 is 10.2. The van der Waals surface area contributed by atoms with Crippen LogP contribution in [0.2, 0.25) is 5.02 Å². The number of methoxy groups -OCH3 is 1. The van der Waals surface area contributed by atoms with Gasteiger partial charge < -0.3 is 9.47 Å². The molecule has 0 atom stereocenters. The second-order valence-corrected chi connectivity index (χ2v) is 3.58. The highest BCUT2D eigenvalue weighted by Crippen LogP contribution is 2.26. The van der Waals surface area contributed by atoms with Crippen molar-refractivity contribution in [3.05, 3.63) is 41.4 Å². The van der Waals surface area contributed by atoms with Crippen LogP contribution in [0.1, 0.15) is 0 Å². The molecule has 3 heteroatoms. The van der Waals surface area contributed by atoms with Gasteiger partial charge in [0.2, 0.25) is 0 Å². The van der Waals surface area contributed by atoms with E-state index in [-0.39, 0.29) is 6.79 Å². The molecule has 0 fully saturated rings. The first-order valence-corrected chi connectivity index (χ1v) is 4.99. The summed E-state index contributed by atoms with van der Waals surface area (Å²) >= 11 is 6.05. The third-order valence-corrected chi connectivity index (χ3v) is 2.47. The predicted octanol–water partition coefficient (Wildman–Crippen LogP) is 3.48. The van der Waals surface area contributed by atoms with E-state index in [4.69, 9.17) is 21.1 Å². The quantitative estimate of drug-likeness (QED) is 0.741. The van der Waals surface area contributed by atoms with Crippen molar-refractivity contribution in [2.75, 3.05) is 13.9 Å². The third kappa shape index (κ3) is 2.22. The number of rotatable bonds is 3. The largest absolute Gasteiger partial charge is 0.468 e. The van der Waals surface area contributed by atoms with Gasteiger partial charge in [-0.05, 0) is 29.7 Å². The monoisotopic (exact) mass is 222 g/mol. The van der Waals surface area contributed by atoms with E-state index in [1.54, 1.807) is 7.11 Å². The summed E-state index contributed by atoms with van der Waals surface area (Å²) in [7, 11) is 1.60. The Hall–Kier alpha value is -1.25. The van der Waals surface area contributed by atoms with Gasteiger partial charge in [0.05, 0.1) is 0 Å². The molecule has 0 aliphatic rings. The molecular formula is C12H11ClO2. The Bertz CT molecular complexity index is 468. The van der Waals surface area contributed by atoms with E-state index >= 15 is 0 Å². The van der Waals surface area contributed by atoms with Crippen LogP contribution in [0, 0.1) is 0 Å². The summed E-state index contributed by atoms with van der Waals surface area (Å²) in [6, 6.07) is 11.6. The molecule has 0 aliphatic heterocycles. The number of hydrogen-bond acceptors (Lipinski definition) is 2. The summed E-state index contributed by atoms with van der Waals surface area (Å²) in [4.78, 5) is 0. The fourth-order valence-corrected chi connectivity index (χ4v) is 1.68. The summed E-state index contributed by atoms with van der Waals surface area (Å²) in [5.41, 5.74) is 0. The molecule has 0 unspecified atom stereocenters. The Kier molecular flexibility index (Phi) is 3.09. The zero-order valence-electron chi connectivity index (χ0n) is 8.37. The minimum Gasteiger partial charge on any atom is -0.468 e. The van der Waals surface area contributed by atoms with Crippen molar-refractivity contribution in [2.45, 2.75) is 0 Å². The molecule has 0 saturated heterocycles. The van der Waals surface area contributed by atoms with Crippen molar-refractivity contribution in [3.8, 4) is 5.75 Å². The van der Waals surface area contributed by atoms with Crippen LogP contribution in [0.5, 0.6) is 5.75 Å². The van der Waals surface area contributed by atoms with Crippen molar-refractivity contribution >= 4 is 22.4 Å². The van der Waals surface area contributed by atoms with Crippen molar-refractivity contribution in [2.24, 2.45) is 0 Å². The lowest BCUT2D eigenvalue weighted by molar-refractivity contribution is 0.0512. The number of hydrogen-bond donors (Lipinski definition) is 0. The molecule has 0 amide bonds. The van der Waals surface area contributed by atoms with Crippen LogP contribution in [0.25, 0.3) is 10.8 Å². The van der Waals surface area contributed by atoms with Gasteiger partial charge in [0, 0.05) is 17.5 Å². The van der Waals surface area contributed by atoms with Gasteiger partial charge in [0.25, 0.3) is 0 Å². The van der Waals surface area contributed by atoms with Crippen molar-refractivity contribution in [1.29, 1.82) is 0 Å². The molecule has 2 aromatic rings. The Labute approximate surface area is 93.4 Å². The maximum absolute atomic E-state index is 6.05. The van der Waals surface area contributed by atoms with Crippen LogP contribution in [0.15, 0.2) is 36.4 Å². The highest BCUT2D eigenvalue weighted by Gasteiger charge is 2.00. The van der Waals surface area contributed by atoms with Gasteiger partial charge in [-0.15, -0.1) is 0 Å². The Morgan fingerprint density at radius 1 is 1.20 bits per heavy atom. The SMILES string of the molecule is COCOc1ccc2c(Cl)cccc2c1. The first-order valence-electron chi connectivity index (χ1n) is 4.61. The lowest BCUT2D eigenvalue weighted by Gasteiger charge is -2.06. The zero-order valence-corrected chi connectivity index (χ0v) is 9.12. The lowest BCUT2D eigenvalue weighted by atomic mass is 10.1. The molecule has 0 bridgehead atoms. The van der Waals surface area contributed by atoms with Gasteiger partial charge in [-0.3, -0.25) is 0 Å². The molecule has 15 heavy (non-hydrogen) atoms. The maximum Gasteiger partial charge on any atom is 0.188 e. The van der Waals surface area contributed by atoms with E-state index in [0.717, 1.165) is 21.5 Å². The number of benzene rings is 2. The molecule has 78 valence electrons. The molecule has 2 nitrogen and oxygen atoms in total. The van der Waals surface area contributed by atoms with Crippen LogP contribution in [-0.2, 0) is 4.74 Å². The fraction of sp³-hybridized carbons (Fsp3) is 0.167. The predicted molar refractivity (Wildman–Crippen MR) is 61.5 cm³/mol. The molecule has 0 heterocycles. The Morgan fingerprint density at radius 2 is 2.07 bits per heavy atom. The molecule has 0 spiro atoms. The molecule has 2 rings (SSSR count). The van der Waals surface area contributed by atoms with Gasteiger partial charge >= 0.3 is 0 Å². The molecule has 0 N–H and O–H groups in total. The lowest BCUT2D eigenvalue weighted by Crippen LogP contribution is -1.98. The normalized spacial score (nSPS) is 10.5. The van der Waals surface area contributed by atoms with Gasteiger partial charge in [-0.1, -0.05) is 23.7 Å². The second-order valence-electron chi connectivity index (χ2n) is 3.17. The van der Waals surface area contributed by atoms with E-state index in [9.17, 15) is 0 Å². The number of ether oxygens (including phenoxy) is 2. The summed E-state index contributed by atoms with van der Waals surface area (Å²) in [6.45, 7) is 0.256. The van der Waals surface area contributed by atoms with Crippen LogP contribution in [0.4, 0.5) is 0 Å². The van der Waals surface area contributed by atoms with Crippen molar-refractivity contribution < 1.29 is 9.47 Å². The van der Waals surface area contributed by atoms with Crippen molar-refractivity contribution in [1.82, 2.24) is 0 Å². The maximum atomic E-state index is 6.05. The van der Waals surface area contributed by atoms with E-state index in [0.29, 0.717) is 0 Å². The van der Waals surface area contributed by atoms with E-state index in [2.05, 4.69) is 0 Å². The zero-order chi connectivity index (χ0) is 10.7. The van der Waals surface area contributed by atoms with Crippen LogP contribution in [-0.4, -0.2) is 13.9 Å². The molecule has 0 aliphatic carbocycles. The van der Waals surface area contributed by atoms with Crippen LogP contribution in [0.3, 0.4) is 0 Å². The topological polar surface area (TPSA) is 18.5 Å². The molecule has 0 radical (unpaired) electrons. The standard InChI is InChI=1S/C12H11ClO2/c1-14-8-15-10-5-6-11-9(7-10)3-2-4-12(11)13/h2-7H,8H2,1H3. The number of halogens is 1. The van der Waals surface area contributed by atoms with E-state index in [1.165, 1.54) is 0 Å². The van der Waals surface area contributed by atoms with Crippen molar-refractivity contribution in [3.63, 3.8) is 0 Å². The average Bonchev–Trinajstić information content (AvgIpc) is 2.26. The highest BCUT2D eigenvalue weighted by atomic mass is 35.5. The fourth-order valence-electron chi connectivity index (χ4n) is 1.44. The smallest absolute Gasteiger partial charge is 0.188 e. The molecule has 2 aromatic carbocycles. The van der Waals surface area contributed by atoms with Gasteiger partial charge in [-0.25, -0.2) is 0 Å². The van der Waals surface area contributed by atoms with E-state index < -0.39 is 0 Å². The van der Waals surface area contributed by atoms with Gasteiger partial charge in [0.15, 0.2) is 6.79 Å². The minimum atomic E-state index is 0.256. The first-order chi connectivity index (χ1) is 7.31. The Morgan fingerprint density at radius 3 is 2.87 bits per heavy atom. The second kappa shape index (κ2) is 4.51. The summed E-state index contributed by atoms with van der Waals surface area (Å²) in [5, 5.41) is 2.85. The number of fused-ring (bicyclic) bond motifs is 1. The van der Waals surface area contributed by atoms with E-state index in [1.807, 2.05) is 36.4 Å². The summed E-state index contributed by atoms with van der Waals surface area (Å²) in [6.07, 6.45) is 0. The first kappa shape index (κ1) is 10.3. The van der Waals surface area contributed by atoms with Gasteiger partial charge in [0.1, 0.15) is 5.75 Å². The minimum absolute atomic E-state index is 0.256. The Balaban J connectivity index is 2.39. The van der Waals surface area contributed by atoms with Gasteiger partial charge in [-0.2, -0.15) is 0 Å². The average molecular weight is 223 g/mol. The highest BCUT2D eigenvalue weighted by molar-refractivity contribution is 6.35. The molecule has 0 saturated carbocycles. The molecular weight excluding hydrogens is 212 g/mol. The third-order valence-electron chi connectivity index (χ3n) is 2.14. The summed E-state index contributed by atoms with van der Waals surface area (Å²) in [5.74, 6) is 0.784. The molecule has 0 aromatic heterocycles. The van der Waals surface area contributed by atoms with Crippen LogP contribution >= 0.6 is 11.6 Å². The van der Waals surface area contributed by atoms with Crippen LogP contribution < -0.4 is 4.74 Å².